The minimum atomic E-state index is -4.38. The van der Waals surface area contributed by atoms with Crippen LogP contribution in [-0.4, -0.2) is 27.5 Å². The van der Waals surface area contributed by atoms with Gasteiger partial charge in [0, 0.05) is 21.7 Å². The number of hydrogen-bond donors (Lipinski definition) is 1. The summed E-state index contributed by atoms with van der Waals surface area (Å²) >= 11 is 1.62. The Morgan fingerprint density at radius 2 is 1.88 bits per heavy atom. The molecule has 0 bridgehead atoms. The Bertz CT molecular complexity index is 1330. The molecule has 0 saturated heterocycles. The summed E-state index contributed by atoms with van der Waals surface area (Å²) in [6.07, 6.45) is -2.58. The third-order valence-corrected chi connectivity index (χ3v) is 6.41. The van der Waals surface area contributed by atoms with Gasteiger partial charge in [-0.2, -0.15) is 18.3 Å². The molecule has 176 valence electrons. The van der Waals surface area contributed by atoms with Crippen molar-refractivity contribution in [2.24, 2.45) is 0 Å². The first-order chi connectivity index (χ1) is 16.1. The van der Waals surface area contributed by atoms with Gasteiger partial charge in [-0.25, -0.2) is 9.48 Å². The molecular weight excluding hydrogens is 465 g/mol. The lowest BCUT2D eigenvalue weighted by molar-refractivity contribution is -0.139. The van der Waals surface area contributed by atoms with Gasteiger partial charge in [0.1, 0.15) is 5.75 Å². The van der Waals surface area contributed by atoms with Gasteiger partial charge >= 0.3 is 12.1 Å². The maximum atomic E-state index is 12.9. The number of fused-ring (bicyclic) bond motifs is 1. The first-order valence-electron chi connectivity index (χ1n) is 10.4. The van der Waals surface area contributed by atoms with E-state index in [-0.39, 0.29) is 5.25 Å². The highest BCUT2D eigenvalue weighted by atomic mass is 32.2. The molecule has 1 aromatic heterocycles. The van der Waals surface area contributed by atoms with E-state index in [1.54, 1.807) is 28.7 Å². The predicted molar refractivity (Wildman–Crippen MR) is 125 cm³/mol. The van der Waals surface area contributed by atoms with Gasteiger partial charge < -0.3 is 9.84 Å². The first-order valence-corrected chi connectivity index (χ1v) is 11.3. The Morgan fingerprint density at radius 3 is 2.53 bits per heavy atom. The van der Waals surface area contributed by atoms with E-state index in [9.17, 15) is 18.0 Å². The maximum absolute atomic E-state index is 12.9. The number of alkyl halides is 3. The number of thioether (sulfide) groups is 1. The van der Waals surface area contributed by atoms with Crippen LogP contribution in [0.4, 0.5) is 13.2 Å². The van der Waals surface area contributed by atoms with E-state index in [0.29, 0.717) is 11.4 Å². The van der Waals surface area contributed by atoms with Crippen LogP contribution in [0.3, 0.4) is 0 Å². The Hall–Kier alpha value is -3.46. The fourth-order valence-corrected chi connectivity index (χ4v) is 4.71. The number of halogens is 3. The lowest BCUT2D eigenvalue weighted by Crippen LogP contribution is -2.10. The molecule has 3 aromatic carbocycles. The van der Waals surface area contributed by atoms with E-state index < -0.39 is 24.3 Å². The van der Waals surface area contributed by atoms with Crippen molar-refractivity contribution in [1.82, 2.24) is 9.78 Å². The minimum absolute atomic E-state index is 0.0323. The monoisotopic (exact) mass is 486 g/mol. The van der Waals surface area contributed by atoms with Crippen molar-refractivity contribution in [1.29, 1.82) is 0 Å². The number of ether oxygens (including phenoxy) is 1. The van der Waals surface area contributed by atoms with E-state index in [4.69, 9.17) is 9.84 Å². The lowest BCUT2D eigenvalue weighted by Gasteiger charge is -2.14. The predicted octanol–water partition coefficient (Wildman–Crippen LogP) is 6.67. The number of hydrogen-bond acceptors (Lipinski definition) is 4. The lowest BCUT2D eigenvalue weighted by atomic mass is 10.1. The van der Waals surface area contributed by atoms with Crippen molar-refractivity contribution >= 4 is 28.6 Å². The number of aliphatic carboxylic acids is 1. The molecule has 0 fully saturated rings. The fourth-order valence-electron chi connectivity index (χ4n) is 3.60. The zero-order valence-corrected chi connectivity index (χ0v) is 19.2. The highest BCUT2D eigenvalue weighted by Crippen LogP contribution is 2.39. The molecule has 1 heterocycles. The molecule has 4 rings (SSSR count). The second-order valence-corrected chi connectivity index (χ2v) is 9.19. The van der Waals surface area contributed by atoms with Gasteiger partial charge in [-0.3, -0.25) is 0 Å². The number of aromatic nitrogens is 2. The molecule has 0 amide bonds. The van der Waals surface area contributed by atoms with Crippen molar-refractivity contribution in [3.63, 3.8) is 0 Å². The quantitative estimate of drug-likeness (QED) is 0.296. The second-order valence-electron chi connectivity index (χ2n) is 7.77. The standard InChI is InChI=1S/C25H21F3N2O3S/c1-15-12-20(10-11-22(15)33-14-23(31)32)34-16(2)21-5-3-4-17-13-30(29-24(17)21)19-8-6-18(7-9-19)25(26,27)28/h3-13,16H,14H2,1-2H3,(H,31,32). The minimum Gasteiger partial charge on any atom is -0.482 e. The summed E-state index contributed by atoms with van der Waals surface area (Å²) in [5.41, 5.74) is 2.46. The van der Waals surface area contributed by atoms with Crippen LogP contribution in [0.2, 0.25) is 0 Å². The highest BCUT2D eigenvalue weighted by Gasteiger charge is 2.30. The molecule has 0 saturated carbocycles. The molecule has 0 spiro atoms. The molecule has 1 N–H and O–H groups in total. The van der Waals surface area contributed by atoms with Crippen molar-refractivity contribution in [3.05, 3.63) is 83.6 Å². The van der Waals surface area contributed by atoms with Crippen molar-refractivity contribution in [2.75, 3.05) is 6.61 Å². The fraction of sp³-hybridized carbons (Fsp3) is 0.200. The summed E-state index contributed by atoms with van der Waals surface area (Å²) < 4.78 is 45.5. The molecule has 9 heteroatoms. The van der Waals surface area contributed by atoms with E-state index >= 15 is 0 Å². The Kier molecular flexibility index (Phi) is 6.56. The summed E-state index contributed by atoms with van der Waals surface area (Å²) in [5, 5.41) is 14.4. The van der Waals surface area contributed by atoms with Crippen LogP contribution < -0.4 is 4.74 Å². The Labute approximate surface area is 198 Å². The van der Waals surface area contributed by atoms with Gasteiger partial charge in [0.25, 0.3) is 0 Å². The Morgan fingerprint density at radius 1 is 1.15 bits per heavy atom. The maximum Gasteiger partial charge on any atom is 0.416 e. The van der Waals surface area contributed by atoms with Crippen LogP contribution in [0.5, 0.6) is 5.75 Å². The van der Waals surface area contributed by atoms with Crippen LogP contribution in [0.15, 0.2) is 71.8 Å². The molecule has 5 nitrogen and oxygen atoms in total. The van der Waals surface area contributed by atoms with Gasteiger partial charge in [0.2, 0.25) is 0 Å². The van der Waals surface area contributed by atoms with Gasteiger partial charge in [0.15, 0.2) is 6.61 Å². The molecule has 34 heavy (non-hydrogen) atoms. The SMILES string of the molecule is Cc1cc(SC(C)c2cccc3cn(-c4ccc(C(F)(F)F)cc4)nc23)ccc1OCC(=O)O. The number of aryl methyl sites for hydroxylation is 1. The van der Waals surface area contributed by atoms with Crippen molar-refractivity contribution < 1.29 is 27.8 Å². The van der Waals surface area contributed by atoms with E-state index in [0.717, 1.165) is 39.1 Å². The van der Waals surface area contributed by atoms with Crippen LogP contribution in [0.1, 0.15) is 28.9 Å². The number of carbonyl (C=O) groups is 1. The van der Waals surface area contributed by atoms with E-state index in [1.807, 2.05) is 37.3 Å². The van der Waals surface area contributed by atoms with E-state index in [2.05, 4.69) is 12.0 Å². The van der Waals surface area contributed by atoms with Crippen LogP contribution in [-0.2, 0) is 11.0 Å². The van der Waals surface area contributed by atoms with Crippen LogP contribution >= 0.6 is 11.8 Å². The van der Waals surface area contributed by atoms with Crippen LogP contribution in [0.25, 0.3) is 16.6 Å². The highest BCUT2D eigenvalue weighted by molar-refractivity contribution is 7.99. The topological polar surface area (TPSA) is 64.4 Å². The van der Waals surface area contributed by atoms with Crippen molar-refractivity contribution in [3.8, 4) is 11.4 Å². The summed E-state index contributed by atoms with van der Waals surface area (Å²) in [6.45, 7) is 3.52. The molecule has 0 aliphatic heterocycles. The zero-order chi connectivity index (χ0) is 24.5. The molecule has 4 aromatic rings. The molecule has 0 radical (unpaired) electrons. The molecular formula is C25H21F3N2O3S. The smallest absolute Gasteiger partial charge is 0.416 e. The van der Waals surface area contributed by atoms with E-state index in [1.165, 1.54) is 12.1 Å². The summed E-state index contributed by atoms with van der Waals surface area (Å²) in [6, 6.07) is 16.3. The van der Waals surface area contributed by atoms with Gasteiger partial charge in [-0.1, -0.05) is 18.2 Å². The van der Waals surface area contributed by atoms with Gasteiger partial charge in [-0.05, 0) is 67.4 Å². The summed E-state index contributed by atoms with van der Waals surface area (Å²) in [4.78, 5) is 11.7. The number of carboxylic acid groups (broad SMARTS) is 1. The largest absolute Gasteiger partial charge is 0.482 e. The number of benzene rings is 3. The molecule has 0 aliphatic carbocycles. The number of nitrogens with zero attached hydrogens (tertiary/aromatic N) is 2. The zero-order valence-electron chi connectivity index (χ0n) is 18.3. The summed E-state index contributed by atoms with van der Waals surface area (Å²) in [5.74, 6) is -0.507. The Balaban J connectivity index is 1.57. The molecule has 1 unspecified atom stereocenters. The van der Waals surface area contributed by atoms with Gasteiger partial charge in [0.05, 0.1) is 16.8 Å². The molecule has 0 aliphatic rings. The van der Waals surface area contributed by atoms with Crippen molar-refractivity contribution in [2.45, 2.75) is 30.2 Å². The number of carboxylic acids is 1. The molecule has 1 atom stereocenters. The van der Waals surface area contributed by atoms with Crippen LogP contribution in [0, 0.1) is 6.92 Å². The third kappa shape index (κ3) is 5.20. The average Bonchev–Trinajstić information content (AvgIpc) is 3.22. The van der Waals surface area contributed by atoms with Gasteiger partial charge in [-0.15, -0.1) is 11.8 Å². The number of rotatable bonds is 7. The summed E-state index contributed by atoms with van der Waals surface area (Å²) in [7, 11) is 0. The third-order valence-electron chi connectivity index (χ3n) is 5.28. The normalized spacial score (nSPS) is 12.6. The second kappa shape index (κ2) is 9.42. The average molecular weight is 487 g/mol. The first kappa shape index (κ1) is 23.7.